The number of carbonyl (C=O) groups excluding carboxylic acids is 1. The third-order valence-electron chi connectivity index (χ3n) is 6.57. The smallest absolute Gasteiger partial charge is 0.249 e. The van der Waals surface area contributed by atoms with Crippen LogP contribution < -0.4 is 4.74 Å². The monoisotopic (exact) mass is 386 g/mol. The molecule has 1 aliphatic heterocycles. The lowest BCUT2D eigenvalue weighted by atomic mass is 9.35. The van der Waals surface area contributed by atoms with Gasteiger partial charge in [0.15, 0.2) is 0 Å². The van der Waals surface area contributed by atoms with Gasteiger partial charge in [0.25, 0.3) is 0 Å². The van der Waals surface area contributed by atoms with E-state index < -0.39 is 0 Å². The molecule has 0 N–H and O–H groups in total. The predicted molar refractivity (Wildman–Crippen MR) is 107 cm³/mol. The van der Waals surface area contributed by atoms with Crippen LogP contribution in [0.2, 0.25) is 0 Å². The van der Waals surface area contributed by atoms with Crippen LogP contribution in [0.5, 0.6) is 5.88 Å². The Labute approximate surface area is 169 Å². The predicted octanol–water partition coefficient (Wildman–Crippen LogP) is 3.77. The number of nitrogens with zero attached hydrogens (tertiary/aromatic N) is 4. The van der Waals surface area contributed by atoms with Crippen LogP contribution in [-0.4, -0.2) is 28.7 Å². The van der Waals surface area contributed by atoms with Gasteiger partial charge in [0.2, 0.25) is 11.8 Å². The molecule has 1 amide bonds. The molecule has 6 rings (SSSR count). The Hall–Kier alpha value is -3.20. The van der Waals surface area contributed by atoms with Gasteiger partial charge >= 0.3 is 0 Å². The van der Waals surface area contributed by atoms with E-state index in [0.717, 1.165) is 25.7 Å². The van der Waals surface area contributed by atoms with Crippen LogP contribution in [-0.2, 0) is 4.79 Å². The quantitative estimate of drug-likeness (QED) is 0.784. The topological polar surface area (TPSA) is 78.6 Å². The fourth-order valence-electron chi connectivity index (χ4n) is 5.21. The molecule has 1 unspecified atom stereocenters. The summed E-state index contributed by atoms with van der Waals surface area (Å²) in [6, 6.07) is 13.7. The van der Waals surface area contributed by atoms with Gasteiger partial charge < -0.3 is 4.74 Å². The van der Waals surface area contributed by atoms with Crippen molar-refractivity contribution in [3.05, 3.63) is 59.3 Å². The standard InChI is InChI=1S/C23H22N4O2/c1-16-4-2-3-5-18(16)19-8-9-26-27(19)21(28)23-12-22(13-23,14-23)15-29-20-7-6-17(10-24)11-25-20/h2-7,9,11,19H,8,12-15H2,1H3. The van der Waals surface area contributed by atoms with E-state index in [0.29, 0.717) is 18.1 Å². The molecule has 0 radical (unpaired) electrons. The lowest BCUT2D eigenvalue weighted by molar-refractivity contribution is -0.227. The largest absolute Gasteiger partial charge is 0.477 e. The second-order valence-electron chi connectivity index (χ2n) is 8.65. The molecule has 1 atom stereocenters. The number of amides is 1. The molecular weight excluding hydrogens is 364 g/mol. The summed E-state index contributed by atoms with van der Waals surface area (Å²) in [5, 5.41) is 15.0. The molecule has 3 aliphatic carbocycles. The Morgan fingerprint density at radius 2 is 2.07 bits per heavy atom. The molecule has 3 fully saturated rings. The minimum absolute atomic E-state index is 0.00720. The van der Waals surface area contributed by atoms with Crippen LogP contribution in [0.3, 0.4) is 0 Å². The molecular formula is C23H22N4O2. The van der Waals surface area contributed by atoms with E-state index in [9.17, 15) is 4.79 Å². The number of carbonyl (C=O) groups is 1. The molecule has 2 bridgehead atoms. The van der Waals surface area contributed by atoms with Gasteiger partial charge in [0.1, 0.15) is 6.07 Å². The van der Waals surface area contributed by atoms with E-state index in [1.165, 1.54) is 17.3 Å². The Kier molecular flexibility index (Phi) is 3.95. The zero-order valence-electron chi connectivity index (χ0n) is 16.3. The third kappa shape index (κ3) is 2.80. The van der Waals surface area contributed by atoms with Gasteiger partial charge in [-0.25, -0.2) is 9.99 Å². The average Bonchev–Trinajstić information content (AvgIpc) is 3.16. The Balaban J connectivity index is 1.21. The summed E-state index contributed by atoms with van der Waals surface area (Å²) in [4.78, 5) is 17.5. The van der Waals surface area contributed by atoms with Crippen molar-refractivity contribution in [2.45, 2.75) is 38.6 Å². The first kappa shape index (κ1) is 17.9. The van der Waals surface area contributed by atoms with Crippen molar-refractivity contribution < 1.29 is 9.53 Å². The number of aromatic nitrogens is 1. The number of pyridine rings is 1. The summed E-state index contributed by atoms with van der Waals surface area (Å²) >= 11 is 0. The van der Waals surface area contributed by atoms with Crippen molar-refractivity contribution in [1.29, 1.82) is 5.26 Å². The second kappa shape index (κ2) is 6.41. The number of nitriles is 1. The van der Waals surface area contributed by atoms with Gasteiger partial charge in [-0.3, -0.25) is 4.79 Å². The van der Waals surface area contributed by atoms with Gasteiger partial charge in [-0.15, -0.1) is 0 Å². The van der Waals surface area contributed by atoms with Crippen LogP contribution in [0.25, 0.3) is 0 Å². The first-order chi connectivity index (χ1) is 14.0. The van der Waals surface area contributed by atoms with Gasteiger partial charge in [0.05, 0.1) is 23.6 Å². The average molecular weight is 386 g/mol. The molecule has 3 saturated carbocycles. The Morgan fingerprint density at radius 3 is 2.76 bits per heavy atom. The van der Waals surface area contributed by atoms with E-state index in [-0.39, 0.29) is 22.8 Å². The number of hydrogen-bond acceptors (Lipinski definition) is 5. The molecule has 29 heavy (non-hydrogen) atoms. The van der Waals surface area contributed by atoms with Gasteiger partial charge in [-0.05, 0) is 43.4 Å². The highest BCUT2D eigenvalue weighted by Gasteiger charge is 2.73. The molecule has 0 spiro atoms. The van der Waals surface area contributed by atoms with Crippen molar-refractivity contribution in [1.82, 2.24) is 9.99 Å². The minimum atomic E-state index is -0.274. The number of hydrazone groups is 1. The van der Waals surface area contributed by atoms with E-state index in [1.54, 1.807) is 17.1 Å². The first-order valence-electron chi connectivity index (χ1n) is 9.95. The van der Waals surface area contributed by atoms with Crippen molar-refractivity contribution in [3.63, 3.8) is 0 Å². The van der Waals surface area contributed by atoms with E-state index in [2.05, 4.69) is 29.1 Å². The van der Waals surface area contributed by atoms with Crippen molar-refractivity contribution >= 4 is 12.1 Å². The molecule has 6 nitrogen and oxygen atoms in total. The molecule has 1 aromatic heterocycles. The number of ether oxygens (including phenoxy) is 1. The van der Waals surface area contributed by atoms with Crippen LogP contribution in [0.4, 0.5) is 0 Å². The molecule has 146 valence electrons. The van der Waals surface area contributed by atoms with Gasteiger partial charge in [-0.2, -0.15) is 10.4 Å². The normalized spacial score (nSPS) is 29.0. The highest BCUT2D eigenvalue weighted by Crippen LogP contribution is 2.74. The van der Waals surface area contributed by atoms with Crippen molar-refractivity contribution in [2.24, 2.45) is 15.9 Å². The van der Waals surface area contributed by atoms with Crippen LogP contribution in [0.15, 0.2) is 47.7 Å². The van der Waals surface area contributed by atoms with Crippen LogP contribution in [0, 0.1) is 29.1 Å². The summed E-state index contributed by atoms with van der Waals surface area (Å²) in [5.74, 6) is 0.677. The highest BCUT2D eigenvalue weighted by atomic mass is 16.5. The lowest BCUT2D eigenvalue weighted by Crippen LogP contribution is -2.69. The lowest BCUT2D eigenvalue weighted by Gasteiger charge is -2.69. The fourth-order valence-corrected chi connectivity index (χ4v) is 5.21. The first-order valence-corrected chi connectivity index (χ1v) is 9.95. The minimum Gasteiger partial charge on any atom is -0.477 e. The molecule has 6 heteroatoms. The second-order valence-corrected chi connectivity index (χ2v) is 8.65. The number of hydrogen-bond donors (Lipinski definition) is 0. The maximum Gasteiger partial charge on any atom is 0.249 e. The zero-order chi connectivity index (χ0) is 20.1. The molecule has 2 heterocycles. The van der Waals surface area contributed by atoms with Crippen molar-refractivity contribution in [3.8, 4) is 11.9 Å². The van der Waals surface area contributed by atoms with Crippen LogP contribution >= 0.6 is 0 Å². The number of aryl methyl sites for hydroxylation is 1. The van der Waals surface area contributed by atoms with Crippen LogP contribution in [0.1, 0.15) is 48.4 Å². The Morgan fingerprint density at radius 1 is 1.28 bits per heavy atom. The summed E-state index contributed by atoms with van der Waals surface area (Å²) in [5.41, 5.74) is 2.69. The summed E-state index contributed by atoms with van der Waals surface area (Å²) < 4.78 is 5.83. The van der Waals surface area contributed by atoms with E-state index in [1.807, 2.05) is 24.4 Å². The molecule has 4 aliphatic rings. The number of rotatable bonds is 5. The summed E-state index contributed by atoms with van der Waals surface area (Å²) in [6.45, 7) is 2.65. The SMILES string of the molecule is Cc1ccccc1C1CC=NN1C(=O)C12CC(COc3ccc(C#N)cn3)(C1)C2. The highest BCUT2D eigenvalue weighted by molar-refractivity contribution is 5.88. The molecule has 0 saturated heterocycles. The van der Waals surface area contributed by atoms with Gasteiger partial charge in [0, 0.05) is 30.3 Å². The third-order valence-corrected chi connectivity index (χ3v) is 6.57. The molecule has 1 aromatic carbocycles. The summed E-state index contributed by atoms with van der Waals surface area (Å²) in [6.07, 6.45) is 6.69. The summed E-state index contributed by atoms with van der Waals surface area (Å²) in [7, 11) is 0. The van der Waals surface area contributed by atoms with E-state index in [4.69, 9.17) is 10.00 Å². The van der Waals surface area contributed by atoms with E-state index >= 15 is 0 Å². The fraction of sp³-hybridized carbons (Fsp3) is 0.391. The maximum atomic E-state index is 13.3. The zero-order valence-corrected chi connectivity index (χ0v) is 16.3. The molecule has 2 aromatic rings. The van der Waals surface area contributed by atoms with Crippen molar-refractivity contribution in [2.75, 3.05) is 6.61 Å². The number of benzene rings is 1. The van der Waals surface area contributed by atoms with Gasteiger partial charge in [-0.1, -0.05) is 24.3 Å². The maximum absolute atomic E-state index is 13.3. The Bertz CT molecular complexity index is 1020.